The average Bonchev–Trinajstić information content (AvgIpc) is 3.03. The van der Waals surface area contributed by atoms with Crippen LogP contribution in [0.15, 0.2) is 30.3 Å². The molecule has 0 unspecified atom stereocenters. The zero-order valence-corrected chi connectivity index (χ0v) is 16.6. The molecule has 0 aromatic heterocycles. The van der Waals surface area contributed by atoms with Gasteiger partial charge in [-0.3, -0.25) is 9.59 Å². The van der Waals surface area contributed by atoms with E-state index in [1.165, 1.54) is 19.1 Å². The maximum absolute atomic E-state index is 13.2. The summed E-state index contributed by atoms with van der Waals surface area (Å²) < 4.78 is 14.2. The first-order chi connectivity index (χ1) is 14.3. The number of imide groups is 1. The van der Waals surface area contributed by atoms with Gasteiger partial charge in [-0.15, -0.1) is 0 Å². The number of hydrogen-bond acceptors (Lipinski definition) is 8. The maximum atomic E-state index is 13.2. The van der Waals surface area contributed by atoms with Crippen molar-refractivity contribution in [2.75, 3.05) is 26.2 Å². The second kappa shape index (κ2) is 7.78. The number of fused-ring (bicyclic) bond motifs is 1. The Morgan fingerprint density at radius 3 is 1.70 bits per heavy atom. The number of carbonyl (C=O) groups is 5. The monoisotopic (exact) mass is 411 g/mol. The van der Waals surface area contributed by atoms with Crippen molar-refractivity contribution < 1.29 is 38.2 Å². The minimum absolute atomic E-state index is 0.0154. The van der Waals surface area contributed by atoms with Gasteiger partial charge in [-0.2, -0.15) is 0 Å². The van der Waals surface area contributed by atoms with E-state index in [-0.39, 0.29) is 27.9 Å². The van der Waals surface area contributed by atoms with Crippen LogP contribution in [-0.4, -0.2) is 51.1 Å². The quantitative estimate of drug-likeness (QED) is 0.427. The Kier molecular flexibility index (Phi) is 5.37. The van der Waals surface area contributed by atoms with Gasteiger partial charge in [-0.05, 0) is 24.6 Å². The SMILES string of the molecule is COC(=O)c1c(C)c2c(c(C(=O)OC)c1C(=O)OC)C(=O)N(c1ccccc1)C2=O. The Hall–Kier alpha value is -4.01. The van der Waals surface area contributed by atoms with E-state index in [2.05, 4.69) is 0 Å². The van der Waals surface area contributed by atoms with Crippen molar-refractivity contribution in [1.29, 1.82) is 0 Å². The largest absolute Gasteiger partial charge is 0.465 e. The molecule has 2 amide bonds. The summed E-state index contributed by atoms with van der Waals surface area (Å²) in [5, 5.41) is 0. The molecule has 1 aliphatic heterocycles. The number of para-hydroxylation sites is 1. The van der Waals surface area contributed by atoms with Gasteiger partial charge in [-0.25, -0.2) is 19.3 Å². The van der Waals surface area contributed by atoms with E-state index >= 15 is 0 Å². The highest BCUT2D eigenvalue weighted by Crippen LogP contribution is 2.37. The van der Waals surface area contributed by atoms with Crippen LogP contribution < -0.4 is 4.90 Å². The zero-order chi connectivity index (χ0) is 22.2. The van der Waals surface area contributed by atoms with Crippen LogP contribution in [0.3, 0.4) is 0 Å². The van der Waals surface area contributed by atoms with E-state index in [9.17, 15) is 24.0 Å². The Morgan fingerprint density at radius 1 is 0.700 bits per heavy atom. The molecule has 0 saturated carbocycles. The van der Waals surface area contributed by atoms with E-state index in [0.29, 0.717) is 0 Å². The molecule has 1 aliphatic rings. The van der Waals surface area contributed by atoms with E-state index in [1.54, 1.807) is 18.2 Å². The van der Waals surface area contributed by atoms with Crippen molar-refractivity contribution in [3.8, 4) is 0 Å². The predicted molar refractivity (Wildman–Crippen MR) is 103 cm³/mol. The summed E-state index contributed by atoms with van der Waals surface area (Å²) in [5.74, 6) is -4.68. The fraction of sp³-hybridized carbons (Fsp3) is 0.190. The summed E-state index contributed by atoms with van der Waals surface area (Å²) >= 11 is 0. The van der Waals surface area contributed by atoms with Crippen molar-refractivity contribution in [1.82, 2.24) is 0 Å². The lowest BCUT2D eigenvalue weighted by Crippen LogP contribution is -2.29. The van der Waals surface area contributed by atoms with Crippen LogP contribution in [0.4, 0.5) is 5.69 Å². The van der Waals surface area contributed by atoms with Crippen LogP contribution in [0.25, 0.3) is 0 Å². The first-order valence-corrected chi connectivity index (χ1v) is 8.69. The van der Waals surface area contributed by atoms with Gasteiger partial charge < -0.3 is 14.2 Å². The van der Waals surface area contributed by atoms with Crippen molar-refractivity contribution in [2.24, 2.45) is 0 Å². The van der Waals surface area contributed by atoms with Crippen molar-refractivity contribution in [3.63, 3.8) is 0 Å². The van der Waals surface area contributed by atoms with Gasteiger partial charge in [0.15, 0.2) is 0 Å². The van der Waals surface area contributed by atoms with Crippen molar-refractivity contribution >= 4 is 35.4 Å². The molecule has 1 heterocycles. The van der Waals surface area contributed by atoms with E-state index in [4.69, 9.17) is 14.2 Å². The van der Waals surface area contributed by atoms with Crippen LogP contribution in [-0.2, 0) is 14.2 Å². The van der Waals surface area contributed by atoms with Gasteiger partial charge in [0.25, 0.3) is 11.8 Å². The van der Waals surface area contributed by atoms with Gasteiger partial charge >= 0.3 is 17.9 Å². The number of amides is 2. The van der Waals surface area contributed by atoms with Gasteiger partial charge in [0.1, 0.15) is 0 Å². The lowest BCUT2D eigenvalue weighted by atomic mass is 9.87. The Labute approximate surface area is 171 Å². The molecule has 0 fully saturated rings. The molecule has 0 bridgehead atoms. The second-order valence-corrected chi connectivity index (χ2v) is 6.26. The summed E-state index contributed by atoms with van der Waals surface area (Å²) in [6, 6.07) is 8.05. The molecule has 0 spiro atoms. The number of rotatable bonds is 4. The van der Waals surface area contributed by atoms with Crippen LogP contribution in [0.2, 0.25) is 0 Å². The minimum atomic E-state index is -1.08. The third-order valence-corrected chi connectivity index (χ3v) is 4.77. The zero-order valence-electron chi connectivity index (χ0n) is 16.6. The highest BCUT2D eigenvalue weighted by molar-refractivity contribution is 6.38. The normalized spacial score (nSPS) is 12.5. The topological polar surface area (TPSA) is 116 Å². The summed E-state index contributed by atoms with van der Waals surface area (Å²) in [6.07, 6.45) is 0. The number of methoxy groups -OCH3 is 3. The number of ether oxygens (including phenoxy) is 3. The van der Waals surface area contributed by atoms with Gasteiger partial charge in [0.05, 0.1) is 54.8 Å². The molecule has 30 heavy (non-hydrogen) atoms. The second-order valence-electron chi connectivity index (χ2n) is 6.26. The van der Waals surface area contributed by atoms with E-state index < -0.39 is 40.8 Å². The van der Waals surface area contributed by atoms with Crippen LogP contribution in [0.1, 0.15) is 57.4 Å². The number of carbonyl (C=O) groups excluding carboxylic acids is 5. The third kappa shape index (κ3) is 2.91. The number of nitrogens with zero attached hydrogens (tertiary/aromatic N) is 1. The van der Waals surface area contributed by atoms with Crippen molar-refractivity contribution in [2.45, 2.75) is 6.92 Å². The van der Waals surface area contributed by atoms with Gasteiger partial charge in [-0.1, -0.05) is 18.2 Å². The average molecular weight is 411 g/mol. The molecule has 0 saturated heterocycles. The molecule has 2 aromatic carbocycles. The molecule has 0 radical (unpaired) electrons. The summed E-state index contributed by atoms with van der Waals surface area (Å²) in [6.45, 7) is 1.39. The first kappa shape index (κ1) is 20.7. The molecule has 0 atom stereocenters. The number of benzene rings is 2. The van der Waals surface area contributed by atoms with Crippen LogP contribution in [0, 0.1) is 6.92 Å². The maximum Gasteiger partial charge on any atom is 0.339 e. The molecule has 9 nitrogen and oxygen atoms in total. The lowest BCUT2D eigenvalue weighted by molar-refractivity contribution is 0.0533. The van der Waals surface area contributed by atoms with Crippen molar-refractivity contribution in [3.05, 3.63) is 63.7 Å². The highest BCUT2D eigenvalue weighted by Gasteiger charge is 2.46. The fourth-order valence-electron chi connectivity index (χ4n) is 3.45. The number of esters is 3. The van der Waals surface area contributed by atoms with Gasteiger partial charge in [0, 0.05) is 0 Å². The molecular formula is C21H17NO8. The standard InChI is InChI=1S/C21H17NO8/c1-10-12-14(18(24)22(17(12)23)11-8-6-5-7-9-11)16(21(27)30-4)15(20(26)29-3)13(10)19(25)28-2/h5-9H,1-4H3. The molecule has 0 N–H and O–H groups in total. The van der Waals surface area contributed by atoms with Gasteiger partial charge in [0.2, 0.25) is 0 Å². The van der Waals surface area contributed by atoms with E-state index in [1.807, 2.05) is 0 Å². The summed E-state index contributed by atoms with van der Waals surface area (Å²) in [5.41, 5.74) is -1.61. The van der Waals surface area contributed by atoms with Crippen LogP contribution >= 0.6 is 0 Å². The molecule has 0 aliphatic carbocycles. The minimum Gasteiger partial charge on any atom is -0.465 e. The van der Waals surface area contributed by atoms with E-state index in [0.717, 1.165) is 26.2 Å². The first-order valence-electron chi connectivity index (χ1n) is 8.69. The number of hydrogen-bond donors (Lipinski definition) is 0. The number of anilines is 1. The fourth-order valence-corrected chi connectivity index (χ4v) is 3.45. The smallest absolute Gasteiger partial charge is 0.339 e. The highest BCUT2D eigenvalue weighted by atomic mass is 16.5. The molecular weight excluding hydrogens is 394 g/mol. The Bertz CT molecular complexity index is 1100. The third-order valence-electron chi connectivity index (χ3n) is 4.77. The van der Waals surface area contributed by atoms with Crippen LogP contribution in [0.5, 0.6) is 0 Å². The Balaban J connectivity index is 2.46. The Morgan fingerprint density at radius 2 is 1.17 bits per heavy atom. The molecule has 2 aromatic rings. The lowest BCUT2D eigenvalue weighted by Gasteiger charge is -2.16. The molecule has 154 valence electrons. The predicted octanol–water partition coefficient (Wildman–Crippen LogP) is 2.16. The summed E-state index contributed by atoms with van der Waals surface area (Å²) in [4.78, 5) is 64.9. The molecule has 9 heteroatoms. The molecule has 3 rings (SSSR count). The summed E-state index contributed by atoms with van der Waals surface area (Å²) in [7, 11) is 3.18.